The van der Waals surface area contributed by atoms with Gasteiger partial charge in [0.1, 0.15) is 5.75 Å². The number of ether oxygens (including phenoxy) is 1. The summed E-state index contributed by atoms with van der Waals surface area (Å²) in [6.07, 6.45) is 1.71. The lowest BCUT2D eigenvalue weighted by molar-refractivity contribution is 0.0988. The van der Waals surface area contributed by atoms with Crippen LogP contribution in [0.3, 0.4) is 0 Å². The molecule has 0 spiro atoms. The fraction of sp³-hybridized carbons (Fsp3) is 0.105. The minimum atomic E-state index is -0.149. The average molecular weight is 416 g/mol. The van der Waals surface area contributed by atoms with Gasteiger partial charge in [-0.05, 0) is 42.5 Å². The predicted molar refractivity (Wildman–Crippen MR) is 110 cm³/mol. The molecule has 0 unspecified atom stereocenters. The topological polar surface area (TPSA) is 55.3 Å². The number of pyridine rings is 1. The van der Waals surface area contributed by atoms with Crippen LogP contribution in [0.5, 0.6) is 5.75 Å². The third kappa shape index (κ3) is 3.80. The molecule has 0 atom stereocenters. The van der Waals surface area contributed by atoms with Gasteiger partial charge in [0.05, 0.1) is 38.8 Å². The molecule has 0 aliphatic heterocycles. The maximum atomic E-state index is 13.2. The zero-order chi connectivity index (χ0) is 18.8. The number of halogens is 1. The molecule has 136 valence electrons. The predicted octanol–water partition coefficient (Wildman–Crippen LogP) is 5.26. The number of hydrogen-bond acceptors (Lipinski definition) is 6. The summed E-state index contributed by atoms with van der Waals surface area (Å²) >= 11 is 8.72. The summed E-state index contributed by atoms with van der Waals surface area (Å²) in [6.45, 7) is 0.326. The van der Waals surface area contributed by atoms with Crippen LogP contribution >= 0.6 is 34.3 Å². The zero-order valence-corrected chi connectivity index (χ0v) is 16.6. The van der Waals surface area contributed by atoms with Gasteiger partial charge < -0.3 is 4.74 Å². The molecule has 1 amide bonds. The number of amides is 1. The first kappa shape index (κ1) is 17.9. The van der Waals surface area contributed by atoms with E-state index < -0.39 is 0 Å². The van der Waals surface area contributed by atoms with Crippen LogP contribution in [0.4, 0.5) is 5.13 Å². The van der Waals surface area contributed by atoms with Crippen LogP contribution in [-0.4, -0.2) is 23.0 Å². The van der Waals surface area contributed by atoms with Crippen molar-refractivity contribution in [2.75, 3.05) is 12.0 Å². The normalized spacial score (nSPS) is 10.9. The molecule has 0 N–H and O–H groups in total. The van der Waals surface area contributed by atoms with Gasteiger partial charge in [-0.2, -0.15) is 0 Å². The summed E-state index contributed by atoms with van der Waals surface area (Å²) in [5.74, 6) is 0.605. The van der Waals surface area contributed by atoms with Gasteiger partial charge in [-0.15, -0.1) is 11.3 Å². The van der Waals surface area contributed by atoms with Crippen molar-refractivity contribution in [3.8, 4) is 5.75 Å². The van der Waals surface area contributed by atoms with Gasteiger partial charge >= 0.3 is 0 Å². The molecule has 4 rings (SSSR count). The molecule has 0 radical (unpaired) electrons. The first-order valence-electron chi connectivity index (χ1n) is 8.06. The van der Waals surface area contributed by atoms with E-state index in [1.54, 1.807) is 30.3 Å². The molecule has 3 heterocycles. The van der Waals surface area contributed by atoms with Crippen LogP contribution in [0.15, 0.2) is 54.7 Å². The zero-order valence-electron chi connectivity index (χ0n) is 14.3. The lowest BCUT2D eigenvalue weighted by Crippen LogP contribution is -2.30. The largest absolute Gasteiger partial charge is 0.497 e. The van der Waals surface area contributed by atoms with Crippen molar-refractivity contribution < 1.29 is 9.53 Å². The molecule has 0 aliphatic rings. The number of thiazole rings is 1. The number of thiophene rings is 1. The van der Waals surface area contributed by atoms with Gasteiger partial charge in [0.25, 0.3) is 5.91 Å². The first-order chi connectivity index (χ1) is 13.1. The van der Waals surface area contributed by atoms with Gasteiger partial charge in [-0.1, -0.05) is 29.0 Å². The SMILES string of the molecule is COc1ccc2nc(N(Cc3ccccn3)C(=O)c3ccc(Cl)s3)sc2c1. The molecule has 0 saturated carbocycles. The fourth-order valence-electron chi connectivity index (χ4n) is 2.58. The van der Waals surface area contributed by atoms with E-state index in [0.29, 0.717) is 20.9 Å². The Morgan fingerprint density at radius 1 is 1.19 bits per heavy atom. The van der Waals surface area contributed by atoms with Crippen LogP contribution in [0, 0.1) is 0 Å². The van der Waals surface area contributed by atoms with Gasteiger partial charge in [0.2, 0.25) is 0 Å². The molecule has 0 bridgehead atoms. The van der Waals surface area contributed by atoms with Crippen LogP contribution < -0.4 is 9.64 Å². The molecule has 3 aromatic heterocycles. The number of methoxy groups -OCH3 is 1. The molecular formula is C19H14ClN3O2S2. The van der Waals surface area contributed by atoms with Gasteiger partial charge in [-0.3, -0.25) is 14.7 Å². The number of hydrogen-bond donors (Lipinski definition) is 0. The van der Waals surface area contributed by atoms with Gasteiger partial charge in [-0.25, -0.2) is 4.98 Å². The van der Waals surface area contributed by atoms with Crippen LogP contribution in [0.2, 0.25) is 4.34 Å². The van der Waals surface area contributed by atoms with E-state index >= 15 is 0 Å². The molecule has 8 heteroatoms. The molecule has 4 aromatic rings. The van der Waals surface area contributed by atoms with Crippen molar-refractivity contribution in [3.05, 3.63) is 69.6 Å². The monoisotopic (exact) mass is 415 g/mol. The highest BCUT2D eigenvalue weighted by Crippen LogP contribution is 2.34. The Bertz CT molecular complexity index is 1090. The van der Waals surface area contributed by atoms with E-state index in [-0.39, 0.29) is 5.91 Å². The number of carbonyl (C=O) groups excluding carboxylic acids is 1. The number of benzene rings is 1. The number of carbonyl (C=O) groups is 1. The highest BCUT2D eigenvalue weighted by Gasteiger charge is 2.23. The quantitative estimate of drug-likeness (QED) is 0.446. The molecule has 27 heavy (non-hydrogen) atoms. The number of rotatable bonds is 5. The Balaban J connectivity index is 1.75. The first-order valence-corrected chi connectivity index (χ1v) is 10.1. The molecule has 0 saturated heterocycles. The standard InChI is InChI=1S/C19H14ClN3O2S2/c1-25-13-5-6-14-16(10-13)27-19(22-14)23(11-12-4-2-3-9-21-12)18(24)15-7-8-17(20)26-15/h2-10H,11H2,1H3. The molecular weight excluding hydrogens is 402 g/mol. The van der Waals surface area contributed by atoms with E-state index in [9.17, 15) is 4.79 Å². The second-order valence-electron chi connectivity index (χ2n) is 5.65. The Kier molecular flexibility index (Phi) is 5.07. The summed E-state index contributed by atoms with van der Waals surface area (Å²) in [6, 6.07) is 14.8. The third-order valence-corrected chi connectivity index (χ3v) is 6.15. The van der Waals surface area contributed by atoms with Crippen molar-refractivity contribution in [2.45, 2.75) is 6.54 Å². The van der Waals surface area contributed by atoms with Crippen molar-refractivity contribution >= 4 is 55.5 Å². The lowest BCUT2D eigenvalue weighted by Gasteiger charge is -2.18. The number of nitrogens with zero attached hydrogens (tertiary/aromatic N) is 3. The summed E-state index contributed by atoms with van der Waals surface area (Å²) in [4.78, 5) is 24.4. The van der Waals surface area contributed by atoms with Crippen LogP contribution in [0.25, 0.3) is 10.2 Å². The lowest BCUT2D eigenvalue weighted by atomic mass is 10.3. The number of fused-ring (bicyclic) bond motifs is 1. The van der Waals surface area contributed by atoms with Crippen molar-refractivity contribution in [1.82, 2.24) is 9.97 Å². The minimum absolute atomic E-state index is 0.149. The van der Waals surface area contributed by atoms with Crippen LogP contribution in [0.1, 0.15) is 15.4 Å². The van der Waals surface area contributed by atoms with E-state index in [1.165, 1.54) is 22.7 Å². The van der Waals surface area contributed by atoms with Crippen molar-refractivity contribution in [1.29, 1.82) is 0 Å². The van der Waals surface area contributed by atoms with E-state index in [4.69, 9.17) is 16.3 Å². The smallest absolute Gasteiger partial charge is 0.270 e. The summed E-state index contributed by atoms with van der Waals surface area (Å²) in [5.41, 5.74) is 1.60. The summed E-state index contributed by atoms with van der Waals surface area (Å²) in [7, 11) is 1.63. The van der Waals surface area contributed by atoms with Gasteiger partial charge in [0, 0.05) is 6.20 Å². The number of aromatic nitrogens is 2. The molecule has 1 aromatic carbocycles. The van der Waals surface area contributed by atoms with Crippen LogP contribution in [-0.2, 0) is 6.54 Å². The molecule has 0 fully saturated rings. The molecule has 5 nitrogen and oxygen atoms in total. The average Bonchev–Trinajstić information content (AvgIpc) is 3.31. The third-order valence-electron chi connectivity index (χ3n) is 3.89. The maximum absolute atomic E-state index is 13.2. The Morgan fingerprint density at radius 2 is 2.07 bits per heavy atom. The van der Waals surface area contributed by atoms with Gasteiger partial charge in [0.15, 0.2) is 5.13 Å². The second kappa shape index (κ2) is 7.64. The highest BCUT2D eigenvalue weighted by atomic mass is 35.5. The van der Waals surface area contributed by atoms with E-state index in [2.05, 4.69) is 9.97 Å². The Morgan fingerprint density at radius 3 is 2.78 bits per heavy atom. The minimum Gasteiger partial charge on any atom is -0.497 e. The Hall–Kier alpha value is -2.48. The van der Waals surface area contributed by atoms with E-state index in [0.717, 1.165) is 21.7 Å². The maximum Gasteiger partial charge on any atom is 0.270 e. The fourth-order valence-corrected chi connectivity index (χ4v) is 4.56. The highest BCUT2D eigenvalue weighted by molar-refractivity contribution is 7.22. The van der Waals surface area contributed by atoms with E-state index in [1.807, 2.05) is 36.4 Å². The Labute approximate surface area is 168 Å². The van der Waals surface area contributed by atoms with Crippen molar-refractivity contribution in [2.24, 2.45) is 0 Å². The second-order valence-corrected chi connectivity index (χ2v) is 8.37. The summed E-state index contributed by atoms with van der Waals surface area (Å²) in [5, 5.41) is 0.610. The van der Waals surface area contributed by atoms with Crippen molar-refractivity contribution in [3.63, 3.8) is 0 Å². The summed E-state index contributed by atoms with van der Waals surface area (Å²) < 4.78 is 6.81. The molecule has 0 aliphatic carbocycles. The number of anilines is 1.